The Kier molecular flexibility index (Phi) is 3.57. The first kappa shape index (κ1) is 10.0. The number of unbranched alkanes of at least 4 members (excludes halogenated alkanes) is 1. The molecule has 0 unspecified atom stereocenters. The summed E-state index contributed by atoms with van der Waals surface area (Å²) < 4.78 is 0. The van der Waals surface area contributed by atoms with Gasteiger partial charge in [0.05, 0.1) is 0 Å². The number of likely N-dealkylation sites (tertiary alicyclic amines) is 1. The van der Waals surface area contributed by atoms with Crippen LogP contribution >= 0.6 is 0 Å². The van der Waals surface area contributed by atoms with Crippen LogP contribution in [0.2, 0.25) is 0 Å². The van der Waals surface area contributed by atoms with Gasteiger partial charge in [0, 0.05) is 0 Å². The summed E-state index contributed by atoms with van der Waals surface area (Å²) >= 11 is 0. The van der Waals surface area contributed by atoms with Crippen molar-refractivity contribution in [3.8, 4) is 0 Å². The van der Waals surface area contributed by atoms with Crippen LogP contribution in [0.4, 0.5) is 0 Å². The summed E-state index contributed by atoms with van der Waals surface area (Å²) in [6, 6.07) is 0. The van der Waals surface area contributed by atoms with E-state index in [2.05, 4.69) is 25.8 Å². The highest BCUT2D eigenvalue weighted by atomic mass is 15.1. The zero-order chi connectivity index (χ0) is 9.03. The minimum Gasteiger partial charge on any atom is -0.306 e. The summed E-state index contributed by atoms with van der Waals surface area (Å²) in [6.07, 6.45) is 7.02. The molecule has 0 bridgehead atoms. The maximum Gasteiger partial charge on any atom is -0.00166 e. The molecule has 1 heterocycles. The Morgan fingerprint density at radius 1 is 1.25 bits per heavy atom. The van der Waals surface area contributed by atoms with Crippen LogP contribution in [0.25, 0.3) is 0 Å². The van der Waals surface area contributed by atoms with E-state index in [9.17, 15) is 0 Å². The molecule has 1 fully saturated rings. The van der Waals surface area contributed by atoms with Crippen molar-refractivity contribution in [2.45, 2.75) is 46.0 Å². The summed E-state index contributed by atoms with van der Waals surface area (Å²) in [6.45, 7) is 7.37. The third kappa shape index (κ3) is 2.78. The van der Waals surface area contributed by atoms with Gasteiger partial charge in [-0.2, -0.15) is 0 Å². The number of hydrogen-bond acceptors (Lipinski definition) is 1. The maximum atomic E-state index is 2.47. The van der Waals surface area contributed by atoms with Crippen LogP contribution in [-0.2, 0) is 0 Å². The third-order valence-corrected chi connectivity index (χ3v) is 3.33. The van der Waals surface area contributed by atoms with Crippen LogP contribution in [-0.4, -0.2) is 25.0 Å². The molecule has 0 aliphatic carbocycles. The fourth-order valence-corrected chi connectivity index (χ4v) is 2.01. The van der Waals surface area contributed by atoms with Gasteiger partial charge in [0.15, 0.2) is 0 Å². The summed E-state index contributed by atoms with van der Waals surface area (Å²) in [7, 11) is 2.24. The SMILES string of the molecule is CCCCC1(C)CCN(C)CC1. The molecule has 72 valence electrons. The molecule has 1 aliphatic heterocycles. The molecule has 0 aromatic carbocycles. The lowest BCUT2D eigenvalue weighted by atomic mass is 9.76. The molecule has 0 atom stereocenters. The largest absolute Gasteiger partial charge is 0.306 e. The van der Waals surface area contributed by atoms with Crippen molar-refractivity contribution < 1.29 is 0 Å². The smallest absolute Gasteiger partial charge is 0.00166 e. The van der Waals surface area contributed by atoms with Crippen molar-refractivity contribution in [1.82, 2.24) is 4.90 Å². The Morgan fingerprint density at radius 3 is 2.33 bits per heavy atom. The fourth-order valence-electron chi connectivity index (χ4n) is 2.01. The van der Waals surface area contributed by atoms with Gasteiger partial charge in [-0.15, -0.1) is 0 Å². The molecule has 1 nitrogen and oxygen atoms in total. The average molecular weight is 169 g/mol. The molecule has 12 heavy (non-hydrogen) atoms. The van der Waals surface area contributed by atoms with Crippen molar-refractivity contribution in [2.75, 3.05) is 20.1 Å². The van der Waals surface area contributed by atoms with Gasteiger partial charge in [-0.3, -0.25) is 0 Å². The van der Waals surface area contributed by atoms with E-state index >= 15 is 0 Å². The molecule has 1 aliphatic rings. The molecule has 0 aromatic rings. The second-order valence-corrected chi connectivity index (χ2v) is 4.72. The van der Waals surface area contributed by atoms with E-state index in [1.165, 1.54) is 45.2 Å². The zero-order valence-electron chi connectivity index (χ0n) is 8.90. The van der Waals surface area contributed by atoms with Crippen LogP contribution in [0.15, 0.2) is 0 Å². The molecule has 0 amide bonds. The third-order valence-electron chi connectivity index (χ3n) is 3.33. The monoisotopic (exact) mass is 169 g/mol. The van der Waals surface area contributed by atoms with Crippen LogP contribution in [0.3, 0.4) is 0 Å². The molecule has 1 rings (SSSR count). The van der Waals surface area contributed by atoms with Gasteiger partial charge in [0.25, 0.3) is 0 Å². The molecular weight excluding hydrogens is 146 g/mol. The van der Waals surface area contributed by atoms with Crippen molar-refractivity contribution in [1.29, 1.82) is 0 Å². The fraction of sp³-hybridized carbons (Fsp3) is 1.00. The number of rotatable bonds is 3. The lowest BCUT2D eigenvalue weighted by Crippen LogP contribution is -2.36. The topological polar surface area (TPSA) is 3.24 Å². The zero-order valence-corrected chi connectivity index (χ0v) is 8.90. The average Bonchev–Trinajstić information content (AvgIpc) is 2.08. The Labute approximate surface area is 77.1 Å². The Bertz CT molecular complexity index is 117. The molecule has 0 N–H and O–H groups in total. The van der Waals surface area contributed by atoms with E-state index in [1.54, 1.807) is 0 Å². The van der Waals surface area contributed by atoms with E-state index < -0.39 is 0 Å². The van der Waals surface area contributed by atoms with Crippen LogP contribution < -0.4 is 0 Å². The first-order valence-corrected chi connectivity index (χ1v) is 5.35. The lowest BCUT2D eigenvalue weighted by molar-refractivity contribution is 0.127. The predicted molar refractivity (Wildman–Crippen MR) is 54.4 cm³/mol. The van der Waals surface area contributed by atoms with Gasteiger partial charge in [-0.25, -0.2) is 0 Å². The van der Waals surface area contributed by atoms with Gasteiger partial charge in [0.2, 0.25) is 0 Å². The number of nitrogens with zero attached hydrogens (tertiary/aromatic N) is 1. The van der Waals surface area contributed by atoms with E-state index in [-0.39, 0.29) is 0 Å². The Hall–Kier alpha value is -0.0400. The summed E-state index contributed by atoms with van der Waals surface area (Å²) in [4.78, 5) is 2.45. The molecular formula is C11H23N. The minimum absolute atomic E-state index is 0.669. The summed E-state index contributed by atoms with van der Waals surface area (Å²) in [5.41, 5.74) is 0.669. The quantitative estimate of drug-likeness (QED) is 0.628. The van der Waals surface area contributed by atoms with E-state index in [1.807, 2.05) is 0 Å². The number of piperidine rings is 1. The standard InChI is InChI=1S/C11H23N/c1-4-5-6-11(2)7-9-12(3)10-8-11/h4-10H2,1-3H3. The van der Waals surface area contributed by atoms with Crippen LogP contribution in [0.1, 0.15) is 46.0 Å². The van der Waals surface area contributed by atoms with Gasteiger partial charge < -0.3 is 4.90 Å². The molecule has 0 aromatic heterocycles. The highest BCUT2D eigenvalue weighted by molar-refractivity contribution is 4.80. The van der Waals surface area contributed by atoms with Gasteiger partial charge >= 0.3 is 0 Å². The maximum absolute atomic E-state index is 2.47. The van der Waals surface area contributed by atoms with E-state index in [0.29, 0.717) is 5.41 Å². The van der Waals surface area contributed by atoms with Gasteiger partial charge in [0.1, 0.15) is 0 Å². The summed E-state index contributed by atoms with van der Waals surface area (Å²) in [5.74, 6) is 0. The number of hydrogen-bond donors (Lipinski definition) is 0. The second-order valence-electron chi connectivity index (χ2n) is 4.72. The first-order chi connectivity index (χ1) is 5.66. The Morgan fingerprint density at radius 2 is 1.83 bits per heavy atom. The first-order valence-electron chi connectivity index (χ1n) is 5.35. The lowest BCUT2D eigenvalue weighted by Gasteiger charge is -2.38. The molecule has 1 saturated heterocycles. The van der Waals surface area contributed by atoms with Crippen molar-refractivity contribution in [2.24, 2.45) is 5.41 Å². The molecule has 0 radical (unpaired) electrons. The predicted octanol–water partition coefficient (Wildman–Crippen LogP) is 2.91. The Balaban J connectivity index is 2.29. The van der Waals surface area contributed by atoms with Crippen molar-refractivity contribution >= 4 is 0 Å². The second kappa shape index (κ2) is 4.27. The highest BCUT2D eigenvalue weighted by Gasteiger charge is 2.27. The molecule has 0 spiro atoms. The van der Waals surface area contributed by atoms with Crippen LogP contribution in [0, 0.1) is 5.41 Å². The van der Waals surface area contributed by atoms with E-state index in [4.69, 9.17) is 0 Å². The van der Waals surface area contributed by atoms with Gasteiger partial charge in [-0.1, -0.05) is 26.7 Å². The minimum atomic E-state index is 0.669. The van der Waals surface area contributed by atoms with Crippen LogP contribution in [0.5, 0.6) is 0 Å². The van der Waals surface area contributed by atoms with E-state index in [0.717, 1.165) is 0 Å². The van der Waals surface area contributed by atoms with Crippen molar-refractivity contribution in [3.05, 3.63) is 0 Å². The van der Waals surface area contributed by atoms with Crippen molar-refractivity contribution in [3.63, 3.8) is 0 Å². The molecule has 0 saturated carbocycles. The van der Waals surface area contributed by atoms with Gasteiger partial charge in [-0.05, 0) is 44.8 Å². The summed E-state index contributed by atoms with van der Waals surface area (Å²) in [5, 5.41) is 0. The highest BCUT2D eigenvalue weighted by Crippen LogP contribution is 2.35. The normalized spacial score (nSPS) is 24.2. The molecule has 1 heteroatoms.